The van der Waals surface area contributed by atoms with Gasteiger partial charge in [0, 0.05) is 12.2 Å². The third kappa shape index (κ3) is 4.34. The summed E-state index contributed by atoms with van der Waals surface area (Å²) >= 11 is 0. The van der Waals surface area contributed by atoms with Gasteiger partial charge in [0.05, 0.1) is 31.9 Å². The molecule has 0 bridgehead atoms. The van der Waals surface area contributed by atoms with Crippen molar-refractivity contribution in [3.05, 3.63) is 36.0 Å². The van der Waals surface area contributed by atoms with Crippen LogP contribution in [0.1, 0.15) is 32.6 Å². The lowest BCUT2D eigenvalue weighted by atomic mass is 10.0. The van der Waals surface area contributed by atoms with Crippen LogP contribution in [-0.2, 0) is 4.79 Å². The van der Waals surface area contributed by atoms with E-state index in [1.165, 1.54) is 23.4 Å². The predicted octanol–water partition coefficient (Wildman–Crippen LogP) is 1.40. The molecule has 1 aliphatic carbocycles. The summed E-state index contributed by atoms with van der Waals surface area (Å²) in [5.74, 6) is 0.588. The number of phenolic OH excluding ortho intramolecular Hbond substituents is 1. The lowest BCUT2D eigenvalue weighted by Crippen LogP contribution is -3.15. The normalized spacial score (nSPS) is 18.8. The molecule has 3 rings (SSSR count). The summed E-state index contributed by atoms with van der Waals surface area (Å²) < 4.78 is 0. The highest BCUT2D eigenvalue weighted by atomic mass is 16.3. The fraction of sp³-hybridized carbons (Fsp3) is 0.550. The van der Waals surface area contributed by atoms with Crippen LogP contribution in [0.3, 0.4) is 0 Å². The molecule has 0 spiro atoms. The van der Waals surface area contributed by atoms with E-state index in [1.54, 1.807) is 6.07 Å². The van der Waals surface area contributed by atoms with E-state index >= 15 is 0 Å². The van der Waals surface area contributed by atoms with E-state index in [0.717, 1.165) is 51.3 Å². The highest BCUT2D eigenvalue weighted by molar-refractivity contribution is 5.79. The molecular formula is C20H30N3O2+. The number of rotatable bonds is 5. The number of nitrogens with zero attached hydrogens (tertiary/aromatic N) is 2. The molecule has 2 aliphatic rings. The maximum atomic E-state index is 12.8. The molecule has 1 aromatic carbocycles. The topological polar surface area (TPSA) is 48.2 Å². The van der Waals surface area contributed by atoms with Crippen LogP contribution in [0.4, 0.5) is 5.69 Å². The highest BCUT2D eigenvalue weighted by Crippen LogP contribution is 2.26. The first-order valence-corrected chi connectivity index (χ1v) is 9.55. The van der Waals surface area contributed by atoms with Crippen molar-refractivity contribution < 1.29 is 14.8 Å². The van der Waals surface area contributed by atoms with Gasteiger partial charge in [-0.05, 0) is 44.7 Å². The number of para-hydroxylation sites is 2. The average Bonchev–Trinajstić information content (AvgIpc) is 2.64. The van der Waals surface area contributed by atoms with Gasteiger partial charge < -0.3 is 19.8 Å². The second kappa shape index (κ2) is 8.39. The maximum Gasteiger partial charge on any atom is 0.281 e. The Morgan fingerprint density at radius 2 is 2.00 bits per heavy atom. The molecule has 1 amide bonds. The molecule has 0 radical (unpaired) electrons. The van der Waals surface area contributed by atoms with E-state index in [9.17, 15) is 9.90 Å². The molecule has 1 heterocycles. The molecule has 5 nitrogen and oxygen atoms in total. The van der Waals surface area contributed by atoms with Crippen LogP contribution in [0.2, 0.25) is 0 Å². The van der Waals surface area contributed by atoms with E-state index in [-0.39, 0.29) is 5.91 Å². The summed E-state index contributed by atoms with van der Waals surface area (Å²) in [6.07, 6.45) is 6.83. The zero-order chi connectivity index (χ0) is 17.6. The molecule has 1 aromatic rings. The number of piperazine rings is 1. The second-order valence-electron chi connectivity index (χ2n) is 6.98. The van der Waals surface area contributed by atoms with Crippen LogP contribution >= 0.6 is 0 Å². The van der Waals surface area contributed by atoms with E-state index in [4.69, 9.17) is 0 Å². The van der Waals surface area contributed by atoms with Gasteiger partial charge in [0.2, 0.25) is 0 Å². The van der Waals surface area contributed by atoms with Crippen LogP contribution < -0.4 is 9.80 Å². The predicted molar refractivity (Wildman–Crippen MR) is 99.8 cm³/mol. The van der Waals surface area contributed by atoms with Gasteiger partial charge in [-0.3, -0.25) is 4.79 Å². The molecule has 0 unspecified atom stereocenters. The SMILES string of the molecule is CCN(C(=O)C[NH+]1CCN(c2ccccc2O)CC1)C1=CCCCC1. The number of benzene rings is 1. The van der Waals surface area contributed by atoms with Gasteiger partial charge in [0.15, 0.2) is 6.54 Å². The van der Waals surface area contributed by atoms with E-state index in [1.807, 2.05) is 23.1 Å². The first-order valence-electron chi connectivity index (χ1n) is 9.55. The van der Waals surface area contributed by atoms with Gasteiger partial charge in [-0.1, -0.05) is 18.2 Å². The fourth-order valence-electron chi connectivity index (χ4n) is 3.89. The van der Waals surface area contributed by atoms with Crippen LogP contribution in [0.5, 0.6) is 5.75 Å². The molecule has 25 heavy (non-hydrogen) atoms. The Bertz CT molecular complexity index is 621. The molecule has 1 fully saturated rings. The number of allylic oxidation sites excluding steroid dienone is 2. The van der Waals surface area contributed by atoms with Crippen LogP contribution in [0, 0.1) is 0 Å². The fourth-order valence-corrected chi connectivity index (χ4v) is 3.89. The first-order chi connectivity index (χ1) is 12.2. The van der Waals surface area contributed by atoms with Gasteiger partial charge in [-0.15, -0.1) is 0 Å². The largest absolute Gasteiger partial charge is 0.506 e. The smallest absolute Gasteiger partial charge is 0.281 e. The Morgan fingerprint density at radius 3 is 2.64 bits per heavy atom. The molecular weight excluding hydrogens is 314 g/mol. The molecule has 2 N–H and O–H groups in total. The summed E-state index contributed by atoms with van der Waals surface area (Å²) in [4.78, 5) is 18.3. The zero-order valence-corrected chi connectivity index (χ0v) is 15.2. The van der Waals surface area contributed by atoms with Gasteiger partial charge in [-0.25, -0.2) is 0 Å². The average molecular weight is 344 g/mol. The van der Waals surface area contributed by atoms with E-state index in [0.29, 0.717) is 12.3 Å². The van der Waals surface area contributed by atoms with Gasteiger partial charge >= 0.3 is 0 Å². The molecule has 5 heteroatoms. The number of phenols is 1. The Morgan fingerprint density at radius 1 is 1.24 bits per heavy atom. The number of hydrogen-bond acceptors (Lipinski definition) is 3. The van der Waals surface area contributed by atoms with E-state index in [2.05, 4.69) is 17.9 Å². The number of nitrogens with one attached hydrogen (secondary N) is 1. The van der Waals surface area contributed by atoms with Crippen molar-refractivity contribution in [2.45, 2.75) is 32.6 Å². The molecule has 136 valence electrons. The monoisotopic (exact) mass is 344 g/mol. The summed E-state index contributed by atoms with van der Waals surface area (Å²) in [6, 6.07) is 7.49. The Labute approximate surface area is 150 Å². The number of carbonyl (C=O) groups is 1. The van der Waals surface area contributed by atoms with Gasteiger partial charge in [0.1, 0.15) is 5.75 Å². The van der Waals surface area contributed by atoms with Crippen molar-refractivity contribution in [3.8, 4) is 5.75 Å². The molecule has 0 saturated carbocycles. The Kier molecular flexibility index (Phi) is 5.97. The Balaban J connectivity index is 1.54. The van der Waals surface area contributed by atoms with Crippen molar-refractivity contribution in [1.29, 1.82) is 0 Å². The molecule has 0 aromatic heterocycles. The number of hydrogen-bond donors (Lipinski definition) is 2. The summed E-state index contributed by atoms with van der Waals surface area (Å²) in [5.41, 5.74) is 2.13. The van der Waals surface area contributed by atoms with Gasteiger partial charge in [-0.2, -0.15) is 0 Å². The van der Waals surface area contributed by atoms with E-state index < -0.39 is 0 Å². The Hall–Kier alpha value is -2.01. The van der Waals surface area contributed by atoms with Crippen molar-refractivity contribution in [3.63, 3.8) is 0 Å². The minimum absolute atomic E-state index is 0.252. The quantitative estimate of drug-likeness (QED) is 0.849. The number of carbonyl (C=O) groups excluding carboxylic acids is 1. The third-order valence-electron chi connectivity index (χ3n) is 5.33. The number of amides is 1. The maximum absolute atomic E-state index is 12.8. The summed E-state index contributed by atoms with van der Waals surface area (Å²) in [5, 5.41) is 10.0. The summed E-state index contributed by atoms with van der Waals surface area (Å²) in [6.45, 7) is 7.00. The standard InChI is InChI=1S/C20H29N3O2/c1-2-23(17-8-4-3-5-9-17)20(25)16-21-12-14-22(15-13-21)18-10-6-7-11-19(18)24/h6-8,10-11,24H,2-5,9,12-16H2,1H3/p+1. The third-order valence-corrected chi connectivity index (χ3v) is 5.33. The number of quaternary nitrogens is 1. The van der Waals surface area contributed by atoms with Crippen LogP contribution in [0.15, 0.2) is 36.0 Å². The van der Waals surface area contributed by atoms with Crippen molar-refractivity contribution >= 4 is 11.6 Å². The lowest BCUT2D eigenvalue weighted by molar-refractivity contribution is -0.892. The summed E-state index contributed by atoms with van der Waals surface area (Å²) in [7, 11) is 0. The van der Waals surface area contributed by atoms with Crippen molar-refractivity contribution in [2.24, 2.45) is 0 Å². The van der Waals surface area contributed by atoms with Gasteiger partial charge in [0.25, 0.3) is 5.91 Å². The number of anilines is 1. The van der Waals surface area contributed by atoms with Crippen molar-refractivity contribution in [2.75, 3.05) is 44.2 Å². The second-order valence-corrected chi connectivity index (χ2v) is 6.98. The lowest BCUT2D eigenvalue weighted by Gasteiger charge is -2.35. The molecule has 1 saturated heterocycles. The minimum Gasteiger partial charge on any atom is -0.506 e. The minimum atomic E-state index is 0.252. The van der Waals surface area contributed by atoms with Crippen LogP contribution in [-0.4, -0.2) is 55.2 Å². The van der Waals surface area contributed by atoms with Crippen LogP contribution in [0.25, 0.3) is 0 Å². The highest BCUT2D eigenvalue weighted by Gasteiger charge is 2.26. The first kappa shape index (κ1) is 17.8. The molecule has 1 aliphatic heterocycles. The van der Waals surface area contributed by atoms with Crippen molar-refractivity contribution in [1.82, 2.24) is 4.90 Å². The number of aromatic hydroxyl groups is 1. The zero-order valence-electron chi connectivity index (χ0n) is 15.2. The number of likely N-dealkylation sites (N-methyl/N-ethyl adjacent to an activating group) is 1. The molecule has 0 atom stereocenters.